The Morgan fingerprint density at radius 3 is 2.25 bits per heavy atom. The minimum Gasteiger partial charge on any atom is -0.262 e. The predicted octanol–water partition coefficient (Wildman–Crippen LogP) is 3.36. The second-order valence-electron chi connectivity index (χ2n) is 6.19. The fraction of sp³-hybridized carbons (Fsp3) is 0.200. The zero-order valence-electron chi connectivity index (χ0n) is 15.5. The van der Waals surface area contributed by atoms with Crippen LogP contribution in [0.15, 0.2) is 70.2 Å². The smallest absolute Gasteiger partial charge is 0.232 e. The van der Waals surface area contributed by atoms with E-state index in [0.717, 1.165) is 20.6 Å². The van der Waals surface area contributed by atoms with Gasteiger partial charge < -0.3 is 0 Å². The van der Waals surface area contributed by atoms with E-state index in [0.29, 0.717) is 5.56 Å². The van der Waals surface area contributed by atoms with E-state index in [9.17, 15) is 16.8 Å². The van der Waals surface area contributed by atoms with Crippen LogP contribution in [0.1, 0.15) is 11.1 Å². The van der Waals surface area contributed by atoms with Gasteiger partial charge >= 0.3 is 0 Å². The molecule has 0 radical (unpaired) electrons. The summed E-state index contributed by atoms with van der Waals surface area (Å²) in [4.78, 5) is 0.118. The van der Waals surface area contributed by atoms with Gasteiger partial charge in [0.15, 0.2) is 9.84 Å². The first-order chi connectivity index (χ1) is 13.0. The molecule has 0 spiro atoms. The highest BCUT2D eigenvalue weighted by atomic mass is 79.9. The number of benzene rings is 2. The molecule has 0 amide bonds. The van der Waals surface area contributed by atoms with Crippen LogP contribution in [0, 0.1) is 18.8 Å². The molecule has 0 aromatic heterocycles. The van der Waals surface area contributed by atoms with E-state index in [4.69, 9.17) is 0 Å². The van der Waals surface area contributed by atoms with Crippen molar-refractivity contribution in [2.75, 3.05) is 18.6 Å². The summed E-state index contributed by atoms with van der Waals surface area (Å²) in [6, 6.07) is 13.6. The highest BCUT2D eigenvalue weighted by Gasteiger charge is 2.23. The van der Waals surface area contributed by atoms with Crippen LogP contribution in [0.4, 0.5) is 0 Å². The van der Waals surface area contributed by atoms with Crippen molar-refractivity contribution in [2.24, 2.45) is 0 Å². The Hall–Kier alpha value is -2.08. The molecule has 28 heavy (non-hydrogen) atoms. The summed E-state index contributed by atoms with van der Waals surface area (Å²) in [5, 5.41) is 0. The van der Waals surface area contributed by atoms with Gasteiger partial charge in [-0.15, -0.1) is 0 Å². The van der Waals surface area contributed by atoms with E-state index in [1.807, 2.05) is 25.1 Å². The van der Waals surface area contributed by atoms with E-state index in [1.165, 1.54) is 12.1 Å². The first-order valence-corrected chi connectivity index (χ1v) is 12.5. The molecule has 0 atom stereocenters. The first kappa shape index (κ1) is 22.2. The van der Waals surface area contributed by atoms with Gasteiger partial charge in [-0.3, -0.25) is 4.31 Å². The SMILES string of the molecule is C=C(CS(=O)(=O)c1ccc(C)cc1)N(CC#Cc1ccccc1Br)S(C)(=O)=O. The molecule has 0 bridgehead atoms. The lowest BCUT2D eigenvalue weighted by Crippen LogP contribution is -2.32. The third kappa shape index (κ3) is 5.96. The molecule has 0 aliphatic heterocycles. The molecule has 0 saturated heterocycles. The van der Waals surface area contributed by atoms with Gasteiger partial charge in [-0.05, 0) is 47.1 Å². The van der Waals surface area contributed by atoms with E-state index < -0.39 is 25.6 Å². The molecular formula is C20H20BrNO4S2. The molecule has 2 aromatic rings. The molecule has 0 N–H and O–H groups in total. The molecule has 8 heteroatoms. The Balaban J connectivity index is 2.23. The minimum absolute atomic E-state index is 0.0514. The van der Waals surface area contributed by atoms with E-state index in [1.54, 1.807) is 18.2 Å². The van der Waals surface area contributed by atoms with Crippen molar-refractivity contribution in [3.8, 4) is 11.8 Å². The summed E-state index contributed by atoms with van der Waals surface area (Å²) < 4.78 is 51.2. The monoisotopic (exact) mass is 481 g/mol. The third-order valence-electron chi connectivity index (χ3n) is 3.81. The van der Waals surface area contributed by atoms with Gasteiger partial charge in [0.1, 0.15) is 0 Å². The number of hydrogen-bond acceptors (Lipinski definition) is 4. The molecule has 2 aromatic carbocycles. The van der Waals surface area contributed by atoms with E-state index >= 15 is 0 Å². The molecule has 0 saturated carbocycles. The number of nitrogens with zero attached hydrogens (tertiary/aromatic N) is 1. The van der Waals surface area contributed by atoms with Gasteiger partial charge in [-0.25, -0.2) is 16.8 Å². The normalized spacial score (nSPS) is 11.4. The standard InChI is InChI=1S/C20H20BrNO4S2/c1-16-10-12-19(13-11-16)28(25,26)15-17(2)22(27(3,23)24)14-6-8-18-7-4-5-9-20(18)21/h4-5,7,9-13H,2,14-15H2,1,3H3. The Labute approximate surface area is 175 Å². The maximum Gasteiger partial charge on any atom is 0.232 e. The Morgan fingerprint density at radius 2 is 1.68 bits per heavy atom. The van der Waals surface area contributed by atoms with Crippen LogP contribution in [0.2, 0.25) is 0 Å². The summed E-state index contributed by atoms with van der Waals surface area (Å²) in [6.45, 7) is 5.34. The van der Waals surface area contributed by atoms with Crippen LogP contribution >= 0.6 is 15.9 Å². The van der Waals surface area contributed by atoms with Gasteiger partial charge in [-0.1, -0.05) is 48.2 Å². The van der Waals surface area contributed by atoms with Crippen LogP contribution in [-0.2, 0) is 19.9 Å². The second kappa shape index (κ2) is 8.95. The highest BCUT2D eigenvalue weighted by molar-refractivity contribution is 9.10. The van der Waals surface area contributed by atoms with E-state index in [2.05, 4.69) is 34.3 Å². The highest BCUT2D eigenvalue weighted by Crippen LogP contribution is 2.18. The van der Waals surface area contributed by atoms with Crippen LogP contribution in [0.5, 0.6) is 0 Å². The van der Waals surface area contributed by atoms with Crippen molar-refractivity contribution in [1.29, 1.82) is 0 Å². The number of rotatable bonds is 6. The average Bonchev–Trinajstić information content (AvgIpc) is 2.59. The van der Waals surface area contributed by atoms with Crippen LogP contribution in [0.3, 0.4) is 0 Å². The van der Waals surface area contributed by atoms with E-state index in [-0.39, 0.29) is 17.1 Å². The van der Waals surface area contributed by atoms with Crippen molar-refractivity contribution >= 4 is 35.8 Å². The minimum atomic E-state index is -3.73. The lowest BCUT2D eigenvalue weighted by molar-refractivity contribution is 0.513. The predicted molar refractivity (Wildman–Crippen MR) is 115 cm³/mol. The van der Waals surface area contributed by atoms with Gasteiger partial charge in [-0.2, -0.15) is 0 Å². The van der Waals surface area contributed by atoms with Crippen molar-refractivity contribution < 1.29 is 16.8 Å². The Kier molecular flexibility index (Phi) is 7.10. The summed E-state index contributed by atoms with van der Waals surface area (Å²) in [5.74, 6) is 5.14. The van der Waals surface area contributed by atoms with Crippen molar-refractivity contribution in [3.05, 3.63) is 76.4 Å². The summed E-state index contributed by atoms with van der Waals surface area (Å²) in [7, 11) is -7.46. The molecule has 0 aliphatic carbocycles. The molecule has 0 aliphatic rings. The zero-order valence-corrected chi connectivity index (χ0v) is 18.7. The summed E-state index contributed by atoms with van der Waals surface area (Å²) in [5.41, 5.74) is 1.58. The molecule has 5 nitrogen and oxygen atoms in total. The van der Waals surface area contributed by atoms with Crippen LogP contribution in [-0.4, -0.2) is 39.7 Å². The van der Waals surface area contributed by atoms with Crippen molar-refractivity contribution in [1.82, 2.24) is 4.31 Å². The number of sulfone groups is 1. The van der Waals surface area contributed by atoms with Crippen LogP contribution < -0.4 is 0 Å². The molecule has 148 valence electrons. The molecule has 0 heterocycles. The molecule has 0 unspecified atom stereocenters. The quantitative estimate of drug-likeness (QED) is 0.593. The number of sulfonamides is 1. The van der Waals surface area contributed by atoms with Crippen molar-refractivity contribution in [3.63, 3.8) is 0 Å². The van der Waals surface area contributed by atoms with Gasteiger partial charge in [0.05, 0.1) is 23.4 Å². The Morgan fingerprint density at radius 1 is 1.07 bits per heavy atom. The maximum atomic E-state index is 12.6. The average molecular weight is 482 g/mol. The Bertz CT molecular complexity index is 1140. The lowest BCUT2D eigenvalue weighted by atomic mass is 10.2. The fourth-order valence-corrected chi connectivity index (χ4v) is 4.96. The van der Waals surface area contributed by atoms with Crippen molar-refractivity contribution in [2.45, 2.75) is 11.8 Å². The third-order valence-corrected chi connectivity index (χ3v) is 7.39. The topological polar surface area (TPSA) is 71.5 Å². The maximum absolute atomic E-state index is 12.6. The zero-order chi connectivity index (χ0) is 20.9. The van der Waals surface area contributed by atoms with Gasteiger partial charge in [0.2, 0.25) is 10.0 Å². The number of halogens is 1. The molecule has 0 fully saturated rings. The van der Waals surface area contributed by atoms with Gasteiger partial charge in [0, 0.05) is 15.7 Å². The van der Waals surface area contributed by atoms with Gasteiger partial charge in [0.25, 0.3) is 0 Å². The number of hydrogen-bond donors (Lipinski definition) is 0. The number of aryl methyl sites for hydroxylation is 1. The lowest BCUT2D eigenvalue weighted by Gasteiger charge is -2.22. The summed E-state index contributed by atoms with van der Waals surface area (Å²) >= 11 is 3.37. The molecule has 2 rings (SSSR count). The summed E-state index contributed by atoms with van der Waals surface area (Å²) in [6.07, 6.45) is 0.997. The molecular weight excluding hydrogens is 462 g/mol. The van der Waals surface area contributed by atoms with Crippen LogP contribution in [0.25, 0.3) is 0 Å². The second-order valence-corrected chi connectivity index (χ2v) is 10.9. The first-order valence-electron chi connectivity index (χ1n) is 8.19. The fourth-order valence-electron chi connectivity index (χ4n) is 2.35. The largest absolute Gasteiger partial charge is 0.262 e.